The number of anilines is 1. The molecule has 1 aliphatic rings. The van der Waals surface area contributed by atoms with Gasteiger partial charge in [-0.25, -0.2) is 8.42 Å². The number of nitrogens with one attached hydrogen (secondary N) is 2. The molecule has 1 unspecified atom stereocenters. The summed E-state index contributed by atoms with van der Waals surface area (Å²) in [6, 6.07) is 3.77. The van der Waals surface area contributed by atoms with Gasteiger partial charge in [-0.3, -0.25) is 4.72 Å². The van der Waals surface area contributed by atoms with Crippen molar-refractivity contribution in [2.24, 2.45) is 0 Å². The van der Waals surface area contributed by atoms with Gasteiger partial charge in [0.1, 0.15) is 5.75 Å². The van der Waals surface area contributed by atoms with Crippen molar-refractivity contribution in [3.63, 3.8) is 0 Å². The van der Waals surface area contributed by atoms with Gasteiger partial charge in [-0.15, -0.1) is 0 Å². The lowest BCUT2D eigenvalue weighted by Gasteiger charge is -2.18. The third kappa shape index (κ3) is 4.25. The maximum atomic E-state index is 12.4. The van der Waals surface area contributed by atoms with Crippen LogP contribution in [-0.4, -0.2) is 33.4 Å². The highest BCUT2D eigenvalue weighted by atomic mass is 35.5. The van der Waals surface area contributed by atoms with Gasteiger partial charge in [0, 0.05) is 23.7 Å². The Bertz CT molecular complexity index is 615. The first-order valence-corrected chi connectivity index (χ1v) is 8.85. The zero-order valence-corrected chi connectivity index (χ0v) is 14.0. The lowest BCUT2D eigenvalue weighted by Crippen LogP contribution is -2.35. The van der Waals surface area contributed by atoms with Gasteiger partial charge in [0.25, 0.3) is 0 Å². The first-order valence-electron chi connectivity index (χ1n) is 6.92. The van der Waals surface area contributed by atoms with Crippen molar-refractivity contribution in [2.45, 2.75) is 38.0 Å². The van der Waals surface area contributed by atoms with Crippen LogP contribution in [0.2, 0.25) is 5.02 Å². The number of aryl methyl sites for hydroxylation is 1. The monoisotopic (exact) mass is 332 g/mol. The van der Waals surface area contributed by atoms with Crippen molar-refractivity contribution in [3.8, 4) is 5.75 Å². The SMILES string of the molecule is COc1cc(Cl)c(C)cc1NS(=O)(=O)C(C)CNC1CC1. The average molecular weight is 333 g/mol. The van der Waals surface area contributed by atoms with Crippen LogP contribution in [0.15, 0.2) is 12.1 Å². The van der Waals surface area contributed by atoms with Crippen molar-refractivity contribution in [1.82, 2.24) is 5.32 Å². The fraction of sp³-hybridized carbons (Fsp3) is 0.571. The summed E-state index contributed by atoms with van der Waals surface area (Å²) < 4.78 is 32.5. The Labute approximate surface area is 131 Å². The number of ether oxygens (including phenoxy) is 1. The van der Waals surface area contributed by atoms with Gasteiger partial charge in [-0.1, -0.05) is 11.6 Å². The summed E-state index contributed by atoms with van der Waals surface area (Å²) in [6.07, 6.45) is 2.26. The van der Waals surface area contributed by atoms with Gasteiger partial charge in [-0.05, 0) is 38.3 Å². The highest BCUT2D eigenvalue weighted by Crippen LogP contribution is 2.32. The maximum Gasteiger partial charge on any atom is 0.236 e. The molecular weight excluding hydrogens is 312 g/mol. The van der Waals surface area contributed by atoms with Crippen LogP contribution in [0.25, 0.3) is 0 Å². The van der Waals surface area contributed by atoms with E-state index in [1.54, 1.807) is 19.1 Å². The lowest BCUT2D eigenvalue weighted by molar-refractivity contribution is 0.417. The van der Waals surface area contributed by atoms with Gasteiger partial charge < -0.3 is 10.1 Å². The molecule has 1 atom stereocenters. The van der Waals surface area contributed by atoms with Crippen LogP contribution in [0.1, 0.15) is 25.3 Å². The standard InChI is InChI=1S/C14H21ClN2O3S/c1-9-6-13(14(20-3)7-12(9)15)17-21(18,19)10(2)8-16-11-4-5-11/h6-7,10-11,16-17H,4-5,8H2,1-3H3. The molecule has 7 heteroatoms. The highest BCUT2D eigenvalue weighted by Gasteiger charge is 2.26. The van der Waals surface area contributed by atoms with E-state index in [-0.39, 0.29) is 0 Å². The summed E-state index contributed by atoms with van der Waals surface area (Å²) in [4.78, 5) is 0. The van der Waals surface area contributed by atoms with Crippen LogP contribution in [-0.2, 0) is 10.0 Å². The van der Waals surface area contributed by atoms with E-state index in [4.69, 9.17) is 16.3 Å². The van der Waals surface area contributed by atoms with Gasteiger partial charge >= 0.3 is 0 Å². The van der Waals surface area contributed by atoms with Crippen molar-refractivity contribution in [3.05, 3.63) is 22.7 Å². The average Bonchev–Trinajstić information content (AvgIpc) is 3.23. The van der Waals surface area contributed by atoms with Crippen LogP contribution in [0.3, 0.4) is 0 Å². The van der Waals surface area contributed by atoms with Crippen molar-refractivity contribution in [2.75, 3.05) is 18.4 Å². The Kier molecular flexibility index (Phi) is 5.01. The Morgan fingerprint density at radius 2 is 2.10 bits per heavy atom. The number of sulfonamides is 1. The summed E-state index contributed by atoms with van der Waals surface area (Å²) in [5.74, 6) is 0.413. The van der Waals surface area contributed by atoms with Crippen LogP contribution in [0.4, 0.5) is 5.69 Å². The molecule has 0 amide bonds. The molecule has 1 saturated carbocycles. The summed E-state index contributed by atoms with van der Waals surface area (Å²) in [5, 5.41) is 3.24. The second-order valence-corrected chi connectivity index (χ2v) is 7.95. The second-order valence-electron chi connectivity index (χ2n) is 5.44. The number of halogens is 1. The predicted molar refractivity (Wildman–Crippen MR) is 85.8 cm³/mol. The number of hydrogen-bond donors (Lipinski definition) is 2. The zero-order chi connectivity index (χ0) is 15.6. The molecular formula is C14H21ClN2O3S. The van der Waals surface area contributed by atoms with Crippen LogP contribution < -0.4 is 14.8 Å². The van der Waals surface area contributed by atoms with E-state index in [0.717, 1.165) is 18.4 Å². The van der Waals surface area contributed by atoms with Crippen LogP contribution >= 0.6 is 11.6 Å². The molecule has 1 aliphatic carbocycles. The third-order valence-corrected chi connectivity index (χ3v) is 5.67. The van der Waals surface area contributed by atoms with E-state index in [2.05, 4.69) is 10.0 Å². The second kappa shape index (κ2) is 6.42. The van der Waals surface area contributed by atoms with Crippen LogP contribution in [0, 0.1) is 6.92 Å². The number of rotatable bonds is 7. The summed E-state index contributed by atoms with van der Waals surface area (Å²) in [5.41, 5.74) is 1.21. The number of hydrogen-bond acceptors (Lipinski definition) is 4. The molecule has 1 fully saturated rings. The summed E-state index contributed by atoms with van der Waals surface area (Å²) in [7, 11) is -2.00. The molecule has 0 heterocycles. The van der Waals surface area contributed by atoms with Crippen molar-refractivity contribution in [1.29, 1.82) is 0 Å². The molecule has 2 N–H and O–H groups in total. The van der Waals surface area contributed by atoms with E-state index >= 15 is 0 Å². The molecule has 5 nitrogen and oxygen atoms in total. The number of benzene rings is 1. The molecule has 0 radical (unpaired) electrons. The minimum Gasteiger partial charge on any atom is -0.495 e. The normalized spacial score (nSPS) is 16.6. The fourth-order valence-corrected chi connectivity index (χ4v) is 3.03. The maximum absolute atomic E-state index is 12.4. The van der Waals surface area contributed by atoms with E-state index < -0.39 is 15.3 Å². The molecule has 1 aromatic carbocycles. The van der Waals surface area contributed by atoms with E-state index in [1.165, 1.54) is 7.11 Å². The van der Waals surface area contributed by atoms with Gasteiger partial charge in [-0.2, -0.15) is 0 Å². The van der Waals surface area contributed by atoms with Crippen molar-refractivity contribution >= 4 is 27.3 Å². The Morgan fingerprint density at radius 1 is 1.43 bits per heavy atom. The molecule has 21 heavy (non-hydrogen) atoms. The molecule has 0 saturated heterocycles. The largest absolute Gasteiger partial charge is 0.495 e. The molecule has 1 aromatic rings. The number of methoxy groups -OCH3 is 1. The molecule has 0 aliphatic heterocycles. The lowest BCUT2D eigenvalue weighted by atomic mass is 10.2. The first-order chi connectivity index (χ1) is 9.83. The first kappa shape index (κ1) is 16.4. The Balaban J connectivity index is 2.12. The van der Waals surface area contributed by atoms with Gasteiger partial charge in [0.15, 0.2) is 0 Å². The highest BCUT2D eigenvalue weighted by molar-refractivity contribution is 7.93. The molecule has 0 aromatic heterocycles. The zero-order valence-electron chi connectivity index (χ0n) is 12.4. The Morgan fingerprint density at radius 3 is 2.67 bits per heavy atom. The molecule has 0 bridgehead atoms. The third-order valence-electron chi connectivity index (χ3n) is 3.53. The van der Waals surface area contributed by atoms with E-state index in [1.807, 2.05) is 6.92 Å². The quantitative estimate of drug-likeness (QED) is 0.805. The van der Waals surface area contributed by atoms with E-state index in [9.17, 15) is 8.42 Å². The molecule has 0 spiro atoms. The van der Waals surface area contributed by atoms with Gasteiger partial charge in [0.2, 0.25) is 10.0 Å². The summed E-state index contributed by atoms with van der Waals surface area (Å²) >= 11 is 6.02. The Hall–Kier alpha value is -0.980. The van der Waals surface area contributed by atoms with Crippen molar-refractivity contribution < 1.29 is 13.2 Å². The van der Waals surface area contributed by atoms with Crippen LogP contribution in [0.5, 0.6) is 5.75 Å². The smallest absolute Gasteiger partial charge is 0.236 e. The minimum atomic E-state index is -3.48. The van der Waals surface area contributed by atoms with E-state index in [0.29, 0.717) is 29.0 Å². The molecule has 2 rings (SSSR count). The minimum absolute atomic E-state index is 0.413. The predicted octanol–water partition coefficient (Wildman–Crippen LogP) is 2.54. The van der Waals surface area contributed by atoms with Gasteiger partial charge in [0.05, 0.1) is 18.0 Å². The summed E-state index contributed by atoms with van der Waals surface area (Å²) in [6.45, 7) is 3.94. The fourth-order valence-electron chi connectivity index (χ4n) is 1.90. The molecule has 118 valence electrons. The topological polar surface area (TPSA) is 67.4 Å².